The molecule has 2 aromatic rings. The minimum absolute atomic E-state index is 0.224. The van der Waals surface area contributed by atoms with Gasteiger partial charge in [-0.1, -0.05) is 12.1 Å². The Labute approximate surface area is 94.9 Å². The average Bonchev–Trinajstić information content (AvgIpc) is 2.64. The first-order chi connectivity index (χ1) is 7.66. The number of hydrogen-bond donors (Lipinski definition) is 1. The van der Waals surface area contributed by atoms with Gasteiger partial charge < -0.3 is 5.73 Å². The van der Waals surface area contributed by atoms with Gasteiger partial charge >= 0.3 is 0 Å². The zero-order valence-corrected chi connectivity index (χ0v) is 9.52. The highest BCUT2D eigenvalue weighted by atomic mass is 32.2. The Morgan fingerprint density at radius 2 is 2.19 bits per heavy atom. The summed E-state index contributed by atoms with van der Waals surface area (Å²) in [6, 6.07) is 7.06. The molecule has 0 saturated carbocycles. The van der Waals surface area contributed by atoms with Crippen LogP contribution >= 0.6 is 0 Å². The molecule has 0 aliphatic rings. The summed E-state index contributed by atoms with van der Waals surface area (Å²) in [6.07, 6.45) is 0. The van der Waals surface area contributed by atoms with E-state index in [0.29, 0.717) is 16.4 Å². The molecule has 16 heavy (non-hydrogen) atoms. The summed E-state index contributed by atoms with van der Waals surface area (Å²) in [4.78, 5) is 1.94. The number of nitrogens with two attached hydrogens (primary N) is 1. The first-order valence-corrected chi connectivity index (χ1v) is 5.94. The van der Waals surface area contributed by atoms with E-state index < -0.39 is 10.8 Å². The van der Waals surface area contributed by atoms with Crippen molar-refractivity contribution in [3.05, 3.63) is 30.1 Å². The second kappa shape index (κ2) is 4.40. The fraction of sp³-hybridized carbons (Fsp3) is 0.222. The Kier molecular flexibility index (Phi) is 2.95. The van der Waals surface area contributed by atoms with Gasteiger partial charge in [0, 0.05) is 5.69 Å². The third-order valence-electron chi connectivity index (χ3n) is 1.97. The van der Waals surface area contributed by atoms with Gasteiger partial charge in [-0.15, -0.1) is 10.2 Å². The van der Waals surface area contributed by atoms with E-state index in [1.807, 2.05) is 0 Å². The Morgan fingerprint density at radius 3 is 2.81 bits per heavy atom. The molecule has 1 heterocycles. The number of aryl methyl sites for hydroxylation is 1. The molecule has 0 spiro atoms. The number of rotatable bonds is 3. The van der Waals surface area contributed by atoms with Gasteiger partial charge in [-0.25, -0.2) is 0 Å². The average molecular weight is 237 g/mol. The maximum absolute atomic E-state index is 12.0. The number of aromatic nitrogens is 4. The molecule has 1 atom stereocenters. The summed E-state index contributed by atoms with van der Waals surface area (Å²) in [5, 5.41) is 11.4. The predicted molar refractivity (Wildman–Crippen MR) is 59.8 cm³/mol. The molecule has 7 heteroatoms. The van der Waals surface area contributed by atoms with Gasteiger partial charge in [0.05, 0.1) is 28.5 Å². The summed E-state index contributed by atoms with van der Waals surface area (Å²) in [6.45, 7) is 0. The highest BCUT2D eigenvalue weighted by Gasteiger charge is 2.11. The summed E-state index contributed by atoms with van der Waals surface area (Å²) in [7, 11) is 0.427. The molecular weight excluding hydrogens is 226 g/mol. The van der Waals surface area contributed by atoms with Crippen molar-refractivity contribution < 1.29 is 4.21 Å². The molecule has 2 rings (SSSR count). The lowest BCUT2D eigenvalue weighted by molar-refractivity contribution is 0.628. The van der Waals surface area contributed by atoms with Gasteiger partial charge in [0.25, 0.3) is 0 Å². The van der Waals surface area contributed by atoms with Crippen LogP contribution in [-0.2, 0) is 23.6 Å². The monoisotopic (exact) mass is 237 g/mol. The van der Waals surface area contributed by atoms with Crippen molar-refractivity contribution in [2.24, 2.45) is 7.05 Å². The van der Waals surface area contributed by atoms with Crippen LogP contribution in [0.1, 0.15) is 5.82 Å². The van der Waals surface area contributed by atoms with E-state index in [1.165, 1.54) is 4.80 Å². The quantitative estimate of drug-likeness (QED) is 0.765. The molecule has 0 aliphatic heterocycles. The number of benzene rings is 1. The number of hydrogen-bond acceptors (Lipinski definition) is 5. The number of tetrazole rings is 1. The fourth-order valence-corrected chi connectivity index (χ4v) is 2.33. The molecule has 1 unspecified atom stereocenters. The second-order valence-corrected chi connectivity index (χ2v) is 4.64. The van der Waals surface area contributed by atoms with Gasteiger partial charge in [0.1, 0.15) is 0 Å². The van der Waals surface area contributed by atoms with Gasteiger partial charge in [0.2, 0.25) is 0 Å². The molecule has 84 valence electrons. The van der Waals surface area contributed by atoms with E-state index in [0.717, 1.165) is 0 Å². The second-order valence-electron chi connectivity index (χ2n) is 3.22. The van der Waals surface area contributed by atoms with E-state index in [9.17, 15) is 4.21 Å². The molecule has 0 aliphatic carbocycles. The van der Waals surface area contributed by atoms with Crippen molar-refractivity contribution in [1.82, 2.24) is 20.2 Å². The van der Waals surface area contributed by atoms with E-state index in [4.69, 9.17) is 5.73 Å². The third kappa shape index (κ3) is 2.25. The maximum Gasteiger partial charge on any atom is 0.187 e. The van der Waals surface area contributed by atoms with Crippen LogP contribution in [0.5, 0.6) is 0 Å². The summed E-state index contributed by atoms with van der Waals surface area (Å²) in [5.41, 5.74) is 6.24. The van der Waals surface area contributed by atoms with Crippen LogP contribution in [0, 0.1) is 0 Å². The summed E-state index contributed by atoms with van der Waals surface area (Å²) < 4.78 is 12.0. The highest BCUT2D eigenvalue weighted by molar-refractivity contribution is 7.84. The molecule has 6 nitrogen and oxygen atoms in total. The number of para-hydroxylation sites is 1. The lowest BCUT2D eigenvalue weighted by Gasteiger charge is -2.02. The molecule has 0 fully saturated rings. The summed E-state index contributed by atoms with van der Waals surface area (Å²) >= 11 is 0. The van der Waals surface area contributed by atoms with Crippen LogP contribution in [0.4, 0.5) is 5.69 Å². The van der Waals surface area contributed by atoms with Crippen LogP contribution in [0.15, 0.2) is 29.2 Å². The molecule has 0 amide bonds. The van der Waals surface area contributed by atoms with Gasteiger partial charge in [0.15, 0.2) is 5.82 Å². The Hall–Kier alpha value is -1.76. The van der Waals surface area contributed by atoms with Gasteiger partial charge in [-0.05, 0) is 17.3 Å². The number of anilines is 1. The standard InChI is InChI=1S/C9H11N5OS/c1-14-12-9(11-13-14)6-16(15)8-5-3-2-4-7(8)10/h2-5H,6,10H2,1H3. The van der Waals surface area contributed by atoms with Crippen LogP contribution in [-0.4, -0.2) is 24.4 Å². The number of nitrogen functional groups attached to an aromatic ring is 1. The fourth-order valence-electron chi connectivity index (χ4n) is 1.26. The molecule has 0 saturated heterocycles. The molecule has 0 radical (unpaired) electrons. The van der Waals surface area contributed by atoms with E-state index >= 15 is 0 Å². The van der Waals surface area contributed by atoms with Crippen molar-refractivity contribution in [1.29, 1.82) is 0 Å². The highest BCUT2D eigenvalue weighted by Crippen LogP contribution is 2.17. The zero-order valence-electron chi connectivity index (χ0n) is 8.70. The van der Waals surface area contributed by atoms with Crippen molar-refractivity contribution in [2.75, 3.05) is 5.73 Å². The largest absolute Gasteiger partial charge is 0.398 e. The third-order valence-corrected chi connectivity index (χ3v) is 3.36. The van der Waals surface area contributed by atoms with Gasteiger partial charge in [-0.3, -0.25) is 4.21 Å². The van der Waals surface area contributed by atoms with E-state index in [2.05, 4.69) is 15.4 Å². The minimum atomic E-state index is -1.24. The molecule has 0 bridgehead atoms. The van der Waals surface area contributed by atoms with Crippen LogP contribution in [0.25, 0.3) is 0 Å². The van der Waals surface area contributed by atoms with Crippen LogP contribution < -0.4 is 5.73 Å². The normalized spacial score (nSPS) is 12.6. The smallest absolute Gasteiger partial charge is 0.187 e. The van der Waals surface area contributed by atoms with E-state index in [-0.39, 0.29) is 5.75 Å². The molecule has 2 N–H and O–H groups in total. The van der Waals surface area contributed by atoms with Crippen molar-refractivity contribution in [3.8, 4) is 0 Å². The lowest BCUT2D eigenvalue weighted by Crippen LogP contribution is -2.02. The first-order valence-electron chi connectivity index (χ1n) is 4.62. The van der Waals surface area contributed by atoms with Crippen molar-refractivity contribution in [2.45, 2.75) is 10.6 Å². The minimum Gasteiger partial charge on any atom is -0.398 e. The summed E-state index contributed by atoms with van der Waals surface area (Å²) in [5.74, 6) is 0.672. The SMILES string of the molecule is Cn1nnc(CS(=O)c2ccccc2N)n1. The van der Waals surface area contributed by atoms with Crippen LogP contribution in [0.2, 0.25) is 0 Å². The van der Waals surface area contributed by atoms with Crippen LogP contribution in [0.3, 0.4) is 0 Å². The topological polar surface area (TPSA) is 86.7 Å². The number of nitrogens with zero attached hydrogens (tertiary/aromatic N) is 4. The first kappa shape index (κ1) is 10.7. The predicted octanol–water partition coefficient (Wildman–Crippen LogP) is 0.100. The van der Waals surface area contributed by atoms with E-state index in [1.54, 1.807) is 31.3 Å². The Bertz CT molecular complexity index is 524. The Morgan fingerprint density at radius 1 is 1.44 bits per heavy atom. The molecule has 1 aromatic heterocycles. The Balaban J connectivity index is 2.18. The molecular formula is C9H11N5OS. The lowest BCUT2D eigenvalue weighted by atomic mass is 10.3. The van der Waals surface area contributed by atoms with Crippen molar-refractivity contribution in [3.63, 3.8) is 0 Å². The molecule has 1 aromatic carbocycles. The maximum atomic E-state index is 12.0. The van der Waals surface area contributed by atoms with Crippen molar-refractivity contribution >= 4 is 16.5 Å². The van der Waals surface area contributed by atoms with Gasteiger partial charge in [-0.2, -0.15) is 4.80 Å². The zero-order chi connectivity index (χ0) is 11.5.